The monoisotopic (exact) mass is 336 g/mol. The first-order valence-electron chi connectivity index (χ1n) is 6.44. The van der Waals surface area contributed by atoms with E-state index in [1.54, 1.807) is 43.5 Å². The van der Waals surface area contributed by atoms with Crippen molar-refractivity contribution in [1.29, 1.82) is 0 Å². The Hall–Kier alpha value is -2.12. The van der Waals surface area contributed by atoms with Crippen molar-refractivity contribution in [2.75, 3.05) is 11.6 Å². The number of fused-ring (bicyclic) bond motifs is 1. The maximum atomic E-state index is 12.0. The maximum absolute atomic E-state index is 12.0. The predicted octanol–water partition coefficient (Wildman–Crippen LogP) is 2.84. The van der Waals surface area contributed by atoms with Crippen molar-refractivity contribution in [3.8, 4) is 0 Å². The Morgan fingerprint density at radius 2 is 1.91 bits per heavy atom. The van der Waals surface area contributed by atoms with Crippen LogP contribution in [0.1, 0.15) is 5.56 Å². The fourth-order valence-corrected chi connectivity index (χ4v) is 3.70. The third kappa shape index (κ3) is 2.65. The molecule has 2 heterocycles. The van der Waals surface area contributed by atoms with Crippen LogP contribution in [-0.2, 0) is 9.84 Å². The van der Waals surface area contributed by atoms with Gasteiger partial charge in [-0.1, -0.05) is 12.1 Å². The molecule has 0 fully saturated rings. The van der Waals surface area contributed by atoms with Crippen LogP contribution in [0.5, 0.6) is 0 Å². The summed E-state index contributed by atoms with van der Waals surface area (Å²) in [5.74, 6) is 0. The van der Waals surface area contributed by atoms with Crippen LogP contribution in [0.4, 0.5) is 11.4 Å². The van der Waals surface area contributed by atoms with E-state index in [4.69, 9.17) is 11.6 Å². The molecule has 3 rings (SSSR count). The van der Waals surface area contributed by atoms with Crippen LogP contribution >= 0.6 is 11.6 Å². The van der Waals surface area contributed by atoms with E-state index >= 15 is 0 Å². The molecule has 114 valence electrons. The number of hydrogen-bond acceptors (Lipinski definition) is 5. The Balaban J connectivity index is 2.16. The first-order valence-corrected chi connectivity index (χ1v) is 8.71. The lowest BCUT2D eigenvalue weighted by Gasteiger charge is -2.13. The number of hydrogen-bond donors (Lipinski definition) is 1. The first-order chi connectivity index (χ1) is 10.4. The van der Waals surface area contributed by atoms with E-state index in [1.165, 1.54) is 10.8 Å². The van der Waals surface area contributed by atoms with E-state index in [0.717, 1.165) is 0 Å². The molecule has 1 N–H and O–H groups in total. The molecule has 0 unspecified atom stereocenters. The van der Waals surface area contributed by atoms with Gasteiger partial charge >= 0.3 is 0 Å². The lowest BCUT2D eigenvalue weighted by atomic mass is 10.2. The van der Waals surface area contributed by atoms with Crippen LogP contribution in [0.15, 0.2) is 41.4 Å². The summed E-state index contributed by atoms with van der Waals surface area (Å²) >= 11 is 5.82. The van der Waals surface area contributed by atoms with Gasteiger partial charge in [-0.25, -0.2) is 12.9 Å². The minimum Gasteiger partial charge on any atom is -0.351 e. The van der Waals surface area contributed by atoms with Crippen LogP contribution in [0, 0.1) is 6.92 Å². The van der Waals surface area contributed by atoms with Gasteiger partial charge in [0.15, 0.2) is 15.5 Å². The van der Waals surface area contributed by atoms with E-state index in [1.807, 2.05) is 0 Å². The zero-order valence-corrected chi connectivity index (χ0v) is 13.5. The summed E-state index contributed by atoms with van der Waals surface area (Å²) in [5, 5.41) is 7.26. The number of pyridine rings is 1. The van der Waals surface area contributed by atoms with Crippen LogP contribution in [-0.4, -0.2) is 29.3 Å². The van der Waals surface area contributed by atoms with Gasteiger partial charge < -0.3 is 5.32 Å². The van der Waals surface area contributed by atoms with E-state index in [2.05, 4.69) is 15.4 Å². The standard InChI is InChI=1S/C14H13ClN4O2S/c1-9-5-3-6-10(12(9)22(2,20)21)16-11-7-4-8-19-13(11)17-14(15)18-19/h3-8,16H,1-2H3. The second-order valence-electron chi connectivity index (χ2n) is 4.92. The Morgan fingerprint density at radius 3 is 2.64 bits per heavy atom. The third-order valence-corrected chi connectivity index (χ3v) is 4.63. The van der Waals surface area contributed by atoms with Crippen molar-refractivity contribution >= 4 is 38.5 Å². The second-order valence-corrected chi connectivity index (χ2v) is 7.21. The van der Waals surface area contributed by atoms with Gasteiger partial charge in [-0.15, -0.1) is 5.10 Å². The molecule has 0 aliphatic heterocycles. The highest BCUT2D eigenvalue weighted by molar-refractivity contribution is 7.91. The molecule has 22 heavy (non-hydrogen) atoms. The molecule has 0 atom stereocenters. The van der Waals surface area contributed by atoms with Gasteiger partial charge in [0.05, 0.1) is 16.3 Å². The van der Waals surface area contributed by atoms with Gasteiger partial charge in [0.1, 0.15) is 0 Å². The number of sulfone groups is 1. The number of aryl methyl sites for hydroxylation is 1. The molecular weight excluding hydrogens is 324 g/mol. The molecule has 3 aromatic rings. The molecule has 6 nitrogen and oxygen atoms in total. The van der Waals surface area contributed by atoms with Gasteiger partial charge in [0.25, 0.3) is 0 Å². The van der Waals surface area contributed by atoms with Crippen molar-refractivity contribution in [1.82, 2.24) is 14.6 Å². The number of rotatable bonds is 3. The quantitative estimate of drug-likeness (QED) is 0.795. The molecule has 0 saturated carbocycles. The Labute approximate surface area is 132 Å². The fourth-order valence-electron chi connectivity index (χ4n) is 2.37. The molecule has 0 saturated heterocycles. The smallest absolute Gasteiger partial charge is 0.243 e. The van der Waals surface area contributed by atoms with E-state index in [9.17, 15) is 8.42 Å². The third-order valence-electron chi connectivity index (χ3n) is 3.19. The van der Waals surface area contributed by atoms with E-state index in [-0.39, 0.29) is 10.2 Å². The average molecular weight is 337 g/mol. The highest BCUT2D eigenvalue weighted by Crippen LogP contribution is 2.29. The Bertz CT molecular complexity index is 966. The topological polar surface area (TPSA) is 76.4 Å². The van der Waals surface area contributed by atoms with Crippen LogP contribution in [0.2, 0.25) is 5.28 Å². The molecule has 0 spiro atoms. The molecule has 0 aliphatic carbocycles. The number of benzene rings is 1. The normalized spacial score (nSPS) is 11.8. The minimum absolute atomic E-state index is 0.127. The van der Waals surface area contributed by atoms with Crippen LogP contribution in [0.25, 0.3) is 5.65 Å². The van der Waals surface area contributed by atoms with Crippen molar-refractivity contribution in [3.05, 3.63) is 47.4 Å². The molecule has 2 aromatic heterocycles. The van der Waals surface area contributed by atoms with Gasteiger partial charge in [-0.3, -0.25) is 0 Å². The zero-order chi connectivity index (χ0) is 15.9. The summed E-state index contributed by atoms with van der Waals surface area (Å²) in [6.45, 7) is 1.76. The largest absolute Gasteiger partial charge is 0.351 e. The van der Waals surface area contributed by atoms with Crippen LogP contribution in [0.3, 0.4) is 0 Å². The summed E-state index contributed by atoms with van der Waals surface area (Å²) in [6, 6.07) is 8.83. The molecule has 0 amide bonds. The number of halogens is 1. The van der Waals surface area contributed by atoms with Gasteiger partial charge in [0, 0.05) is 12.5 Å². The molecular formula is C14H13ClN4O2S. The lowest BCUT2D eigenvalue weighted by Crippen LogP contribution is -2.05. The lowest BCUT2D eigenvalue weighted by molar-refractivity contribution is 0.601. The van der Waals surface area contributed by atoms with Crippen LogP contribution < -0.4 is 5.32 Å². The van der Waals surface area contributed by atoms with Gasteiger partial charge in [-0.2, -0.15) is 4.98 Å². The van der Waals surface area contributed by atoms with Gasteiger partial charge in [-0.05, 0) is 42.3 Å². The second kappa shape index (κ2) is 5.26. The number of aromatic nitrogens is 3. The molecule has 0 bridgehead atoms. The molecule has 1 aromatic carbocycles. The van der Waals surface area contributed by atoms with Crippen molar-refractivity contribution < 1.29 is 8.42 Å². The van der Waals surface area contributed by atoms with Crippen molar-refractivity contribution in [2.45, 2.75) is 11.8 Å². The average Bonchev–Trinajstić information content (AvgIpc) is 2.78. The summed E-state index contributed by atoms with van der Waals surface area (Å²) in [6.07, 6.45) is 2.90. The maximum Gasteiger partial charge on any atom is 0.243 e. The molecule has 0 aliphatic rings. The highest BCUT2D eigenvalue weighted by atomic mass is 35.5. The fraction of sp³-hybridized carbons (Fsp3) is 0.143. The summed E-state index contributed by atoms with van der Waals surface area (Å²) in [5.41, 5.74) is 2.32. The van der Waals surface area contributed by atoms with Gasteiger partial charge in [0.2, 0.25) is 5.28 Å². The first kappa shape index (κ1) is 14.8. The minimum atomic E-state index is -3.36. The molecule has 0 radical (unpaired) electrons. The summed E-state index contributed by atoms with van der Waals surface area (Å²) < 4.78 is 25.6. The van der Waals surface area contributed by atoms with Crippen molar-refractivity contribution in [2.24, 2.45) is 0 Å². The number of nitrogens with zero attached hydrogens (tertiary/aromatic N) is 3. The number of anilines is 2. The highest BCUT2D eigenvalue weighted by Gasteiger charge is 2.17. The summed E-state index contributed by atoms with van der Waals surface area (Å²) in [7, 11) is -3.36. The zero-order valence-electron chi connectivity index (χ0n) is 11.9. The Morgan fingerprint density at radius 1 is 1.18 bits per heavy atom. The molecule has 8 heteroatoms. The van der Waals surface area contributed by atoms with Crippen molar-refractivity contribution in [3.63, 3.8) is 0 Å². The predicted molar refractivity (Wildman–Crippen MR) is 85.6 cm³/mol. The van der Waals surface area contributed by atoms with E-state index < -0.39 is 9.84 Å². The van der Waals surface area contributed by atoms with E-state index in [0.29, 0.717) is 22.6 Å². The summed E-state index contributed by atoms with van der Waals surface area (Å²) in [4.78, 5) is 4.40. The Kier molecular flexibility index (Phi) is 3.54. The number of nitrogens with one attached hydrogen (secondary N) is 1. The SMILES string of the molecule is Cc1cccc(Nc2cccn3nc(Cl)nc23)c1S(C)(=O)=O.